The molecule has 0 aromatic carbocycles. The van der Waals surface area contributed by atoms with Gasteiger partial charge in [-0.1, -0.05) is 0 Å². The minimum atomic E-state index is -0.218. The maximum absolute atomic E-state index is 5.64. The highest BCUT2D eigenvalue weighted by Gasteiger charge is 2.21. The molecule has 6 nitrogen and oxygen atoms in total. The van der Waals surface area contributed by atoms with E-state index in [9.17, 15) is 0 Å². The molecule has 1 aromatic heterocycles. The van der Waals surface area contributed by atoms with Gasteiger partial charge in [0, 0.05) is 13.1 Å². The van der Waals surface area contributed by atoms with Crippen molar-refractivity contribution in [1.29, 1.82) is 0 Å². The molecule has 0 saturated carbocycles. The second kappa shape index (κ2) is 4.16. The summed E-state index contributed by atoms with van der Waals surface area (Å²) in [7, 11) is 0. The van der Waals surface area contributed by atoms with Gasteiger partial charge in [0.05, 0.1) is 18.8 Å². The number of hydrogen-bond acceptors (Lipinski definition) is 6. The van der Waals surface area contributed by atoms with Crippen LogP contribution in [0, 0.1) is 0 Å². The van der Waals surface area contributed by atoms with Crippen LogP contribution in [0.5, 0.6) is 0 Å². The van der Waals surface area contributed by atoms with E-state index in [1.807, 2.05) is 18.7 Å². The fourth-order valence-corrected chi connectivity index (χ4v) is 1.54. The molecule has 0 bridgehead atoms. The van der Waals surface area contributed by atoms with Crippen molar-refractivity contribution in [3.05, 3.63) is 5.89 Å². The maximum Gasteiger partial charge on any atom is 0.266 e. The SMILES string of the molecule is CC(N)c1nc(N2CCO[C@@H](C)C2)no1. The molecular weight excluding hydrogens is 196 g/mol. The Labute approximate surface area is 88.4 Å². The van der Waals surface area contributed by atoms with Crippen LogP contribution in [0.1, 0.15) is 25.8 Å². The molecular formula is C9H16N4O2. The molecule has 84 valence electrons. The minimum Gasteiger partial charge on any atom is -0.375 e. The Morgan fingerprint density at radius 3 is 3.00 bits per heavy atom. The molecule has 1 unspecified atom stereocenters. The summed E-state index contributed by atoms with van der Waals surface area (Å²) in [5.74, 6) is 1.08. The molecule has 0 amide bonds. The van der Waals surface area contributed by atoms with Crippen molar-refractivity contribution in [2.45, 2.75) is 26.0 Å². The lowest BCUT2D eigenvalue weighted by Crippen LogP contribution is -2.41. The summed E-state index contributed by atoms with van der Waals surface area (Å²) in [5.41, 5.74) is 5.64. The van der Waals surface area contributed by atoms with E-state index in [1.54, 1.807) is 0 Å². The van der Waals surface area contributed by atoms with Crippen molar-refractivity contribution in [3.63, 3.8) is 0 Å². The normalized spacial score (nSPS) is 24.2. The maximum atomic E-state index is 5.64. The Balaban J connectivity index is 2.08. The summed E-state index contributed by atoms with van der Waals surface area (Å²) >= 11 is 0. The number of nitrogens with zero attached hydrogens (tertiary/aromatic N) is 3. The van der Waals surface area contributed by atoms with Crippen LogP contribution in [-0.4, -0.2) is 35.9 Å². The van der Waals surface area contributed by atoms with Crippen molar-refractivity contribution in [2.24, 2.45) is 5.73 Å². The Morgan fingerprint density at radius 1 is 1.60 bits per heavy atom. The fraction of sp³-hybridized carbons (Fsp3) is 0.778. The van der Waals surface area contributed by atoms with Crippen LogP contribution in [0.25, 0.3) is 0 Å². The molecule has 2 rings (SSSR count). The average Bonchev–Trinajstić information content (AvgIpc) is 2.66. The van der Waals surface area contributed by atoms with E-state index < -0.39 is 0 Å². The largest absolute Gasteiger partial charge is 0.375 e. The van der Waals surface area contributed by atoms with E-state index in [2.05, 4.69) is 10.1 Å². The molecule has 0 aliphatic carbocycles. The van der Waals surface area contributed by atoms with Gasteiger partial charge in [0.2, 0.25) is 5.89 Å². The highest BCUT2D eigenvalue weighted by Crippen LogP contribution is 2.16. The summed E-state index contributed by atoms with van der Waals surface area (Å²) in [6, 6.07) is -0.218. The molecule has 1 saturated heterocycles. The summed E-state index contributed by atoms with van der Waals surface area (Å²) < 4.78 is 10.5. The molecule has 6 heteroatoms. The van der Waals surface area contributed by atoms with Crippen molar-refractivity contribution >= 4 is 5.95 Å². The van der Waals surface area contributed by atoms with E-state index in [0.29, 0.717) is 18.4 Å². The molecule has 15 heavy (non-hydrogen) atoms. The van der Waals surface area contributed by atoms with Gasteiger partial charge in [-0.2, -0.15) is 4.98 Å². The van der Waals surface area contributed by atoms with Gasteiger partial charge in [-0.25, -0.2) is 0 Å². The van der Waals surface area contributed by atoms with Gasteiger partial charge in [0.25, 0.3) is 5.95 Å². The van der Waals surface area contributed by atoms with Crippen LogP contribution in [-0.2, 0) is 4.74 Å². The number of ether oxygens (including phenoxy) is 1. The predicted molar refractivity (Wildman–Crippen MR) is 54.5 cm³/mol. The second-order valence-electron chi connectivity index (χ2n) is 3.85. The molecule has 2 atom stereocenters. The van der Waals surface area contributed by atoms with Gasteiger partial charge in [0.15, 0.2) is 0 Å². The van der Waals surface area contributed by atoms with Crippen LogP contribution in [0.3, 0.4) is 0 Å². The quantitative estimate of drug-likeness (QED) is 0.760. The topological polar surface area (TPSA) is 77.4 Å². The predicted octanol–water partition coefficient (Wildman–Crippen LogP) is 0.314. The first kappa shape index (κ1) is 10.4. The highest BCUT2D eigenvalue weighted by atomic mass is 16.5. The monoisotopic (exact) mass is 212 g/mol. The number of aromatic nitrogens is 2. The molecule has 2 N–H and O–H groups in total. The first-order valence-electron chi connectivity index (χ1n) is 5.12. The fourth-order valence-electron chi connectivity index (χ4n) is 1.54. The van der Waals surface area contributed by atoms with Crippen LogP contribution < -0.4 is 10.6 Å². The number of anilines is 1. The number of nitrogens with two attached hydrogens (primary N) is 1. The van der Waals surface area contributed by atoms with E-state index in [-0.39, 0.29) is 12.1 Å². The molecule has 0 spiro atoms. The number of rotatable bonds is 2. The number of hydrogen-bond donors (Lipinski definition) is 1. The molecule has 1 aliphatic heterocycles. The summed E-state index contributed by atoms with van der Waals surface area (Å²) in [6.07, 6.45) is 0.205. The zero-order valence-corrected chi connectivity index (χ0v) is 9.01. The van der Waals surface area contributed by atoms with E-state index in [0.717, 1.165) is 13.1 Å². The van der Waals surface area contributed by atoms with Crippen molar-refractivity contribution < 1.29 is 9.26 Å². The Kier molecular flexibility index (Phi) is 2.88. The summed E-state index contributed by atoms with van der Waals surface area (Å²) in [6.45, 7) is 6.13. The van der Waals surface area contributed by atoms with Gasteiger partial charge in [-0.3, -0.25) is 0 Å². The third-order valence-corrected chi connectivity index (χ3v) is 2.34. The van der Waals surface area contributed by atoms with Gasteiger partial charge < -0.3 is 19.9 Å². The summed E-state index contributed by atoms with van der Waals surface area (Å²) in [5, 5.41) is 3.90. The van der Waals surface area contributed by atoms with Crippen LogP contribution >= 0.6 is 0 Å². The first-order chi connectivity index (χ1) is 7.16. The first-order valence-corrected chi connectivity index (χ1v) is 5.12. The molecule has 1 aromatic rings. The zero-order chi connectivity index (χ0) is 10.8. The highest BCUT2D eigenvalue weighted by molar-refractivity contribution is 5.28. The third kappa shape index (κ3) is 2.27. The Hall–Kier alpha value is -1.14. The third-order valence-electron chi connectivity index (χ3n) is 2.34. The minimum absolute atomic E-state index is 0.205. The van der Waals surface area contributed by atoms with Gasteiger partial charge >= 0.3 is 0 Å². The lowest BCUT2D eigenvalue weighted by Gasteiger charge is -2.29. The van der Waals surface area contributed by atoms with Crippen molar-refractivity contribution in [1.82, 2.24) is 10.1 Å². The van der Waals surface area contributed by atoms with E-state index >= 15 is 0 Å². The van der Waals surface area contributed by atoms with E-state index in [4.69, 9.17) is 15.0 Å². The van der Waals surface area contributed by atoms with Gasteiger partial charge in [-0.05, 0) is 19.0 Å². The second-order valence-corrected chi connectivity index (χ2v) is 3.85. The van der Waals surface area contributed by atoms with Crippen molar-refractivity contribution in [3.8, 4) is 0 Å². The van der Waals surface area contributed by atoms with Crippen LogP contribution in [0.4, 0.5) is 5.95 Å². The molecule has 1 aliphatic rings. The molecule has 1 fully saturated rings. The van der Waals surface area contributed by atoms with Crippen LogP contribution in [0.15, 0.2) is 4.52 Å². The lowest BCUT2D eigenvalue weighted by atomic mass is 10.3. The molecule has 2 heterocycles. The Morgan fingerprint density at radius 2 is 2.40 bits per heavy atom. The number of morpholine rings is 1. The van der Waals surface area contributed by atoms with Crippen LogP contribution in [0.2, 0.25) is 0 Å². The smallest absolute Gasteiger partial charge is 0.266 e. The van der Waals surface area contributed by atoms with Crippen molar-refractivity contribution in [2.75, 3.05) is 24.6 Å². The zero-order valence-electron chi connectivity index (χ0n) is 9.01. The average molecular weight is 212 g/mol. The van der Waals surface area contributed by atoms with Gasteiger partial charge in [-0.15, -0.1) is 0 Å². The molecule has 0 radical (unpaired) electrons. The van der Waals surface area contributed by atoms with E-state index in [1.165, 1.54) is 0 Å². The standard InChI is InChI=1S/C9H16N4O2/c1-6-5-13(3-4-14-6)9-11-8(7(2)10)15-12-9/h6-7H,3-5,10H2,1-2H3/t6-,7?/m0/s1. The Bertz CT molecular complexity index is 326. The summed E-state index contributed by atoms with van der Waals surface area (Å²) in [4.78, 5) is 6.28. The van der Waals surface area contributed by atoms with Gasteiger partial charge in [0.1, 0.15) is 0 Å². The lowest BCUT2D eigenvalue weighted by molar-refractivity contribution is 0.0525.